The van der Waals surface area contributed by atoms with Gasteiger partial charge in [0, 0.05) is 0 Å². The van der Waals surface area contributed by atoms with Gasteiger partial charge < -0.3 is 5.32 Å². The molecule has 1 N–H and O–H groups in total. The quantitative estimate of drug-likeness (QED) is 0.779. The Balaban J connectivity index is 1.76. The number of carbonyl (C=O) groups excluding carboxylic acids is 1. The molecule has 0 aliphatic rings. The maximum Gasteiger partial charge on any atom is 0.261 e. The van der Waals surface area contributed by atoms with Gasteiger partial charge in [0.1, 0.15) is 6.54 Å². The Morgan fingerprint density at radius 2 is 1.88 bits per heavy atom. The van der Waals surface area contributed by atoms with Crippen molar-refractivity contribution in [2.45, 2.75) is 32.9 Å². The van der Waals surface area contributed by atoms with Gasteiger partial charge in [-0.3, -0.25) is 14.2 Å². The first kappa shape index (κ1) is 16.9. The molecule has 128 valence electrons. The van der Waals surface area contributed by atoms with Crippen LogP contribution in [0, 0.1) is 6.92 Å². The monoisotopic (exact) mass is 335 g/mol. The van der Waals surface area contributed by atoms with E-state index in [9.17, 15) is 9.59 Å². The van der Waals surface area contributed by atoms with Gasteiger partial charge in [-0.2, -0.15) is 0 Å². The van der Waals surface area contributed by atoms with Gasteiger partial charge in [-0.05, 0) is 31.0 Å². The van der Waals surface area contributed by atoms with E-state index >= 15 is 0 Å². The van der Waals surface area contributed by atoms with Crippen molar-refractivity contribution in [1.82, 2.24) is 14.9 Å². The van der Waals surface area contributed by atoms with Crippen LogP contribution in [0.4, 0.5) is 0 Å². The second-order valence-electron chi connectivity index (χ2n) is 6.13. The zero-order valence-electron chi connectivity index (χ0n) is 14.4. The second kappa shape index (κ2) is 7.30. The summed E-state index contributed by atoms with van der Waals surface area (Å²) in [4.78, 5) is 29.1. The van der Waals surface area contributed by atoms with Crippen molar-refractivity contribution in [2.75, 3.05) is 0 Å². The number of para-hydroxylation sites is 1. The number of fused-ring (bicyclic) bond motifs is 1. The fraction of sp³-hybridized carbons (Fsp3) is 0.250. The lowest BCUT2D eigenvalue weighted by Gasteiger charge is -2.18. The molecule has 1 heterocycles. The van der Waals surface area contributed by atoms with Crippen LogP contribution in [0.15, 0.2) is 59.7 Å². The van der Waals surface area contributed by atoms with Crippen molar-refractivity contribution < 1.29 is 4.79 Å². The van der Waals surface area contributed by atoms with E-state index in [1.807, 2.05) is 44.2 Å². The Kier molecular flexibility index (Phi) is 4.93. The minimum atomic E-state index is -0.205. The zero-order valence-corrected chi connectivity index (χ0v) is 14.4. The molecular weight excluding hydrogens is 314 g/mol. The van der Waals surface area contributed by atoms with Gasteiger partial charge in [0.25, 0.3) is 5.56 Å². The smallest absolute Gasteiger partial charge is 0.261 e. The average Bonchev–Trinajstić information content (AvgIpc) is 2.63. The van der Waals surface area contributed by atoms with Crippen molar-refractivity contribution in [3.63, 3.8) is 0 Å². The van der Waals surface area contributed by atoms with Gasteiger partial charge in [-0.15, -0.1) is 0 Å². The van der Waals surface area contributed by atoms with E-state index in [2.05, 4.69) is 10.3 Å². The highest BCUT2D eigenvalue weighted by molar-refractivity contribution is 5.79. The van der Waals surface area contributed by atoms with Gasteiger partial charge in [-0.1, -0.05) is 48.9 Å². The SMILES string of the molecule is CC[C@@H](NC(=O)Cn1cnc2ccccc2c1=O)c1ccc(C)cc1. The first-order valence-electron chi connectivity index (χ1n) is 8.38. The van der Waals surface area contributed by atoms with Gasteiger partial charge in [0.15, 0.2) is 0 Å². The van der Waals surface area contributed by atoms with E-state index in [1.165, 1.54) is 16.5 Å². The van der Waals surface area contributed by atoms with Crippen LogP contribution in [0.1, 0.15) is 30.5 Å². The lowest BCUT2D eigenvalue weighted by atomic mass is 10.0. The molecule has 1 aromatic heterocycles. The molecule has 3 rings (SSSR count). The Labute approximate surface area is 146 Å². The van der Waals surface area contributed by atoms with Crippen LogP contribution < -0.4 is 10.9 Å². The number of hydrogen-bond donors (Lipinski definition) is 1. The Morgan fingerprint density at radius 1 is 1.16 bits per heavy atom. The van der Waals surface area contributed by atoms with Crippen molar-refractivity contribution >= 4 is 16.8 Å². The van der Waals surface area contributed by atoms with Crippen LogP contribution in [0.25, 0.3) is 10.9 Å². The Bertz CT molecular complexity index is 945. The summed E-state index contributed by atoms with van der Waals surface area (Å²) in [5.74, 6) is -0.202. The maximum atomic E-state index is 12.5. The lowest BCUT2D eigenvalue weighted by molar-refractivity contribution is -0.122. The summed E-state index contributed by atoms with van der Waals surface area (Å²) in [6.45, 7) is 4.01. The number of carbonyl (C=O) groups is 1. The van der Waals surface area contributed by atoms with Gasteiger partial charge >= 0.3 is 0 Å². The number of nitrogens with one attached hydrogen (secondary N) is 1. The molecule has 0 fully saturated rings. The molecule has 0 unspecified atom stereocenters. The molecule has 0 spiro atoms. The van der Waals surface area contributed by atoms with E-state index in [0.717, 1.165) is 12.0 Å². The number of benzene rings is 2. The molecule has 0 bridgehead atoms. The third kappa shape index (κ3) is 3.76. The molecule has 1 amide bonds. The maximum absolute atomic E-state index is 12.5. The second-order valence-corrected chi connectivity index (χ2v) is 6.13. The Hall–Kier alpha value is -2.95. The average molecular weight is 335 g/mol. The highest BCUT2D eigenvalue weighted by atomic mass is 16.2. The normalized spacial score (nSPS) is 12.1. The minimum absolute atomic E-state index is 0.0426. The largest absolute Gasteiger partial charge is 0.348 e. The fourth-order valence-corrected chi connectivity index (χ4v) is 2.83. The highest BCUT2D eigenvalue weighted by Gasteiger charge is 2.14. The van der Waals surface area contributed by atoms with E-state index < -0.39 is 0 Å². The molecule has 2 aromatic carbocycles. The number of amides is 1. The summed E-state index contributed by atoms with van der Waals surface area (Å²) in [5, 5.41) is 3.52. The van der Waals surface area contributed by atoms with Crippen molar-refractivity contribution in [2.24, 2.45) is 0 Å². The summed E-state index contributed by atoms with van der Waals surface area (Å²) < 4.78 is 1.35. The third-order valence-corrected chi connectivity index (χ3v) is 4.27. The topological polar surface area (TPSA) is 64.0 Å². The first-order valence-corrected chi connectivity index (χ1v) is 8.38. The van der Waals surface area contributed by atoms with E-state index in [0.29, 0.717) is 10.9 Å². The lowest BCUT2D eigenvalue weighted by Crippen LogP contribution is -2.34. The zero-order chi connectivity index (χ0) is 17.8. The molecule has 5 heteroatoms. The van der Waals surface area contributed by atoms with Gasteiger partial charge in [0.05, 0.1) is 23.3 Å². The third-order valence-electron chi connectivity index (χ3n) is 4.27. The predicted molar refractivity (Wildman–Crippen MR) is 98.4 cm³/mol. The first-order chi connectivity index (χ1) is 12.1. The minimum Gasteiger partial charge on any atom is -0.348 e. The van der Waals surface area contributed by atoms with Crippen LogP contribution >= 0.6 is 0 Å². The van der Waals surface area contributed by atoms with Crippen molar-refractivity contribution in [3.8, 4) is 0 Å². The molecule has 3 aromatic rings. The standard InChI is InChI=1S/C20H21N3O2/c1-3-17(15-10-8-14(2)9-11-15)22-19(24)12-23-13-21-18-7-5-4-6-16(18)20(23)25/h4-11,13,17H,3,12H2,1-2H3,(H,22,24)/t17-/m1/s1. The number of aryl methyl sites for hydroxylation is 1. The van der Waals surface area contributed by atoms with Gasteiger partial charge in [0.2, 0.25) is 5.91 Å². The van der Waals surface area contributed by atoms with Crippen LogP contribution in [-0.2, 0) is 11.3 Å². The van der Waals surface area contributed by atoms with Gasteiger partial charge in [-0.25, -0.2) is 4.98 Å². The van der Waals surface area contributed by atoms with E-state index in [1.54, 1.807) is 18.2 Å². The van der Waals surface area contributed by atoms with E-state index in [4.69, 9.17) is 0 Å². The number of aromatic nitrogens is 2. The summed E-state index contributed by atoms with van der Waals surface area (Å²) in [6.07, 6.45) is 2.21. The summed E-state index contributed by atoms with van der Waals surface area (Å²) >= 11 is 0. The van der Waals surface area contributed by atoms with Crippen LogP contribution in [-0.4, -0.2) is 15.5 Å². The fourth-order valence-electron chi connectivity index (χ4n) is 2.83. The van der Waals surface area contributed by atoms with Crippen molar-refractivity contribution in [3.05, 3.63) is 76.3 Å². The molecule has 5 nitrogen and oxygen atoms in total. The molecule has 0 saturated heterocycles. The summed E-state index contributed by atoms with van der Waals surface area (Å²) in [7, 11) is 0. The number of rotatable bonds is 5. The Morgan fingerprint density at radius 3 is 2.60 bits per heavy atom. The van der Waals surface area contributed by atoms with Crippen LogP contribution in [0.2, 0.25) is 0 Å². The molecule has 1 atom stereocenters. The molecule has 0 aliphatic heterocycles. The molecule has 0 radical (unpaired) electrons. The van der Waals surface area contributed by atoms with Crippen LogP contribution in [0.5, 0.6) is 0 Å². The molecule has 0 aliphatic carbocycles. The number of hydrogen-bond acceptors (Lipinski definition) is 3. The molecular formula is C20H21N3O2. The molecule has 25 heavy (non-hydrogen) atoms. The molecule has 0 saturated carbocycles. The van der Waals surface area contributed by atoms with E-state index in [-0.39, 0.29) is 24.1 Å². The number of nitrogens with zero attached hydrogens (tertiary/aromatic N) is 2. The summed E-state index contributed by atoms with van der Waals surface area (Å²) in [5.41, 5.74) is 2.67. The highest BCUT2D eigenvalue weighted by Crippen LogP contribution is 2.17. The summed E-state index contributed by atoms with van der Waals surface area (Å²) in [6, 6.07) is 15.2. The van der Waals surface area contributed by atoms with Crippen LogP contribution in [0.3, 0.4) is 0 Å². The van der Waals surface area contributed by atoms with Crippen molar-refractivity contribution in [1.29, 1.82) is 0 Å². The predicted octanol–water partition coefficient (Wildman–Crippen LogP) is 2.97.